The molecule has 1 aliphatic heterocycles. The minimum atomic E-state index is -0.268. The molecule has 0 aliphatic carbocycles. The largest absolute Gasteiger partial charge is 0.490 e. The van der Waals surface area contributed by atoms with Gasteiger partial charge in [-0.15, -0.1) is 0 Å². The quantitative estimate of drug-likeness (QED) is 0.724. The molecule has 5 nitrogen and oxygen atoms in total. The van der Waals surface area contributed by atoms with Crippen LogP contribution in [0.25, 0.3) is 0 Å². The highest BCUT2D eigenvalue weighted by Crippen LogP contribution is 2.35. The molecule has 0 saturated carbocycles. The smallest absolute Gasteiger partial charge is 0.251 e. The second kappa shape index (κ2) is 9.74. The Morgan fingerprint density at radius 3 is 2.34 bits per heavy atom. The maximum Gasteiger partial charge on any atom is 0.251 e. The van der Waals surface area contributed by atoms with Gasteiger partial charge in [-0.05, 0) is 62.6 Å². The standard InChI is InChI=1S/C23H28FNO4/c1-3-28-20-10-5-17(15-21(20)29-4-2)22(26)25-16-23(11-13-27-14-12-23)18-6-8-19(24)9-7-18/h5-10,15H,3-4,11-14,16H2,1-2H3,(H,25,26). The fourth-order valence-electron chi connectivity index (χ4n) is 3.68. The molecule has 0 spiro atoms. The van der Waals surface area contributed by atoms with Crippen LogP contribution in [0, 0.1) is 5.82 Å². The SMILES string of the molecule is CCOc1ccc(C(=O)NCC2(c3ccc(F)cc3)CCOCC2)cc1OCC. The highest BCUT2D eigenvalue weighted by Gasteiger charge is 2.35. The highest BCUT2D eigenvalue weighted by atomic mass is 19.1. The molecule has 0 radical (unpaired) electrons. The molecule has 3 rings (SSSR count). The first-order chi connectivity index (χ1) is 14.1. The molecule has 156 valence electrons. The summed E-state index contributed by atoms with van der Waals surface area (Å²) in [6.07, 6.45) is 1.54. The molecule has 0 atom stereocenters. The van der Waals surface area contributed by atoms with Gasteiger partial charge in [0.15, 0.2) is 11.5 Å². The molecular formula is C23H28FNO4. The van der Waals surface area contributed by atoms with Crippen LogP contribution in [0.2, 0.25) is 0 Å². The number of amides is 1. The maximum absolute atomic E-state index is 13.4. The van der Waals surface area contributed by atoms with Gasteiger partial charge >= 0.3 is 0 Å². The van der Waals surface area contributed by atoms with E-state index in [2.05, 4.69) is 5.32 Å². The Morgan fingerprint density at radius 1 is 1.03 bits per heavy atom. The third-order valence-corrected chi connectivity index (χ3v) is 5.30. The first-order valence-corrected chi connectivity index (χ1v) is 10.1. The molecule has 2 aromatic rings. The number of benzene rings is 2. The van der Waals surface area contributed by atoms with E-state index < -0.39 is 0 Å². The van der Waals surface area contributed by atoms with Crippen molar-refractivity contribution in [2.24, 2.45) is 0 Å². The summed E-state index contributed by atoms with van der Waals surface area (Å²) in [6.45, 7) is 6.49. The number of hydrogen-bond donors (Lipinski definition) is 1. The summed E-state index contributed by atoms with van der Waals surface area (Å²) in [5, 5.41) is 3.06. The Kier molecular flexibility index (Phi) is 7.09. The number of carbonyl (C=O) groups is 1. The van der Waals surface area contributed by atoms with Crippen LogP contribution < -0.4 is 14.8 Å². The molecular weight excluding hydrogens is 373 g/mol. The number of ether oxygens (including phenoxy) is 3. The van der Waals surface area contributed by atoms with Crippen LogP contribution in [0.15, 0.2) is 42.5 Å². The zero-order chi connectivity index (χ0) is 20.7. The lowest BCUT2D eigenvalue weighted by atomic mass is 9.74. The van der Waals surface area contributed by atoms with E-state index in [0.717, 1.165) is 18.4 Å². The van der Waals surface area contributed by atoms with Crippen LogP contribution in [-0.4, -0.2) is 38.9 Å². The van der Waals surface area contributed by atoms with E-state index in [9.17, 15) is 9.18 Å². The van der Waals surface area contributed by atoms with Gasteiger partial charge in [0.1, 0.15) is 5.82 Å². The molecule has 0 bridgehead atoms. The van der Waals surface area contributed by atoms with Crippen LogP contribution in [0.1, 0.15) is 42.6 Å². The lowest BCUT2D eigenvalue weighted by Crippen LogP contribution is -2.44. The van der Waals surface area contributed by atoms with Gasteiger partial charge in [-0.3, -0.25) is 4.79 Å². The molecule has 1 N–H and O–H groups in total. The topological polar surface area (TPSA) is 56.8 Å². The Morgan fingerprint density at radius 2 is 1.69 bits per heavy atom. The third-order valence-electron chi connectivity index (χ3n) is 5.30. The number of rotatable bonds is 8. The van der Waals surface area contributed by atoms with Crippen molar-refractivity contribution in [2.75, 3.05) is 33.0 Å². The average molecular weight is 401 g/mol. The van der Waals surface area contributed by atoms with Gasteiger partial charge in [-0.1, -0.05) is 12.1 Å². The van der Waals surface area contributed by atoms with E-state index in [1.807, 2.05) is 13.8 Å². The van der Waals surface area contributed by atoms with Crippen LogP contribution in [0.4, 0.5) is 4.39 Å². The molecule has 6 heteroatoms. The van der Waals surface area contributed by atoms with E-state index in [1.54, 1.807) is 30.3 Å². The molecule has 2 aromatic carbocycles. The van der Waals surface area contributed by atoms with Gasteiger partial charge in [0.25, 0.3) is 5.91 Å². The maximum atomic E-state index is 13.4. The third kappa shape index (κ3) is 5.07. The summed E-state index contributed by atoms with van der Waals surface area (Å²) >= 11 is 0. The normalized spacial score (nSPS) is 15.6. The van der Waals surface area contributed by atoms with E-state index in [0.29, 0.717) is 50.0 Å². The minimum Gasteiger partial charge on any atom is -0.490 e. The highest BCUT2D eigenvalue weighted by molar-refractivity contribution is 5.95. The first-order valence-electron chi connectivity index (χ1n) is 10.1. The van der Waals surface area contributed by atoms with Gasteiger partial charge in [0.2, 0.25) is 0 Å². The summed E-state index contributed by atoms with van der Waals surface area (Å²) in [6, 6.07) is 11.7. The average Bonchev–Trinajstić information content (AvgIpc) is 2.75. The van der Waals surface area contributed by atoms with Crippen molar-refractivity contribution in [3.05, 3.63) is 59.4 Å². The van der Waals surface area contributed by atoms with Gasteiger partial charge < -0.3 is 19.5 Å². The predicted molar refractivity (Wildman–Crippen MR) is 109 cm³/mol. The minimum absolute atomic E-state index is 0.179. The second-order valence-electron chi connectivity index (χ2n) is 7.11. The van der Waals surface area contributed by atoms with Crippen molar-refractivity contribution < 1.29 is 23.4 Å². The van der Waals surface area contributed by atoms with Crippen molar-refractivity contribution in [2.45, 2.75) is 32.1 Å². The van der Waals surface area contributed by atoms with Gasteiger partial charge in [-0.25, -0.2) is 4.39 Å². The Hall–Kier alpha value is -2.60. The van der Waals surface area contributed by atoms with E-state index in [-0.39, 0.29) is 17.1 Å². The Balaban J connectivity index is 1.76. The zero-order valence-corrected chi connectivity index (χ0v) is 17.0. The molecule has 1 fully saturated rings. The monoisotopic (exact) mass is 401 g/mol. The van der Waals surface area contributed by atoms with Crippen molar-refractivity contribution in [1.82, 2.24) is 5.32 Å². The molecule has 0 unspecified atom stereocenters. The lowest BCUT2D eigenvalue weighted by molar-refractivity contribution is 0.0487. The molecule has 1 aliphatic rings. The summed E-state index contributed by atoms with van der Waals surface area (Å²) in [4.78, 5) is 12.8. The van der Waals surface area contributed by atoms with Crippen molar-refractivity contribution in [1.29, 1.82) is 0 Å². The fraction of sp³-hybridized carbons (Fsp3) is 0.435. The van der Waals surface area contributed by atoms with Crippen LogP contribution in [-0.2, 0) is 10.2 Å². The fourth-order valence-corrected chi connectivity index (χ4v) is 3.68. The van der Waals surface area contributed by atoms with Crippen LogP contribution >= 0.6 is 0 Å². The number of hydrogen-bond acceptors (Lipinski definition) is 4. The lowest BCUT2D eigenvalue weighted by Gasteiger charge is -2.38. The molecule has 1 heterocycles. The molecule has 0 aromatic heterocycles. The Bertz CT molecular complexity index is 816. The van der Waals surface area contributed by atoms with Crippen molar-refractivity contribution in [3.8, 4) is 11.5 Å². The van der Waals surface area contributed by atoms with Crippen molar-refractivity contribution in [3.63, 3.8) is 0 Å². The summed E-state index contributed by atoms with van der Waals surface area (Å²) in [5.74, 6) is 0.735. The van der Waals surface area contributed by atoms with Gasteiger partial charge in [0.05, 0.1) is 13.2 Å². The predicted octanol–water partition coefficient (Wildman–Crippen LogP) is 4.10. The van der Waals surface area contributed by atoms with Gasteiger partial charge in [0, 0.05) is 30.7 Å². The summed E-state index contributed by atoms with van der Waals surface area (Å²) in [5.41, 5.74) is 1.26. The van der Waals surface area contributed by atoms with E-state index in [4.69, 9.17) is 14.2 Å². The summed E-state index contributed by atoms with van der Waals surface area (Å²) in [7, 11) is 0. The van der Waals surface area contributed by atoms with E-state index >= 15 is 0 Å². The number of nitrogens with one attached hydrogen (secondary N) is 1. The molecule has 29 heavy (non-hydrogen) atoms. The number of carbonyl (C=O) groups excluding carboxylic acids is 1. The van der Waals surface area contributed by atoms with Gasteiger partial charge in [-0.2, -0.15) is 0 Å². The van der Waals surface area contributed by atoms with Crippen LogP contribution in [0.3, 0.4) is 0 Å². The number of halogens is 1. The first kappa shape index (κ1) is 21.1. The van der Waals surface area contributed by atoms with E-state index in [1.165, 1.54) is 12.1 Å². The summed E-state index contributed by atoms with van der Waals surface area (Å²) < 4.78 is 30.1. The zero-order valence-electron chi connectivity index (χ0n) is 17.0. The Labute approximate surface area is 171 Å². The van der Waals surface area contributed by atoms with Crippen molar-refractivity contribution >= 4 is 5.91 Å². The molecule has 1 amide bonds. The molecule has 1 saturated heterocycles. The second-order valence-corrected chi connectivity index (χ2v) is 7.11. The van der Waals surface area contributed by atoms with Crippen LogP contribution in [0.5, 0.6) is 11.5 Å².